The van der Waals surface area contributed by atoms with E-state index in [2.05, 4.69) is 36.3 Å². The molecule has 1 aliphatic rings. The van der Waals surface area contributed by atoms with Crippen LogP contribution in [-0.2, 0) is 9.84 Å². The minimum atomic E-state index is -2.81. The van der Waals surface area contributed by atoms with Gasteiger partial charge in [-0.15, -0.1) is 0 Å². The van der Waals surface area contributed by atoms with E-state index in [-0.39, 0.29) is 11.5 Å². The van der Waals surface area contributed by atoms with Crippen molar-refractivity contribution >= 4 is 21.5 Å². The first kappa shape index (κ1) is 17.8. The smallest absolute Gasteiger partial charge is 0.193 e. The Bertz CT molecular complexity index is 624. The predicted molar refractivity (Wildman–Crippen MR) is 96.6 cm³/mol. The summed E-state index contributed by atoms with van der Waals surface area (Å²) in [6, 6.07) is 8.24. The summed E-state index contributed by atoms with van der Waals surface area (Å²) < 4.78 is 22.8. The molecule has 128 valence electrons. The van der Waals surface area contributed by atoms with E-state index in [1.807, 2.05) is 12.1 Å². The number of sulfone groups is 1. The van der Waals surface area contributed by atoms with Crippen LogP contribution in [0.1, 0.15) is 44.6 Å². The molecule has 0 amide bonds. The molecular weight excluding hydrogens is 310 g/mol. The average molecular weight is 337 g/mol. The van der Waals surface area contributed by atoms with Gasteiger partial charge >= 0.3 is 0 Å². The summed E-state index contributed by atoms with van der Waals surface area (Å²) in [6.45, 7) is 4.97. The quantitative estimate of drug-likeness (QED) is 0.639. The van der Waals surface area contributed by atoms with Gasteiger partial charge in [0.15, 0.2) is 5.96 Å². The van der Waals surface area contributed by atoms with E-state index in [4.69, 9.17) is 5.73 Å². The van der Waals surface area contributed by atoms with E-state index < -0.39 is 9.84 Å². The predicted octanol–water partition coefficient (Wildman–Crippen LogP) is 2.75. The van der Waals surface area contributed by atoms with Gasteiger partial charge in [0.25, 0.3) is 0 Å². The van der Waals surface area contributed by atoms with Crippen molar-refractivity contribution in [2.75, 3.05) is 23.4 Å². The number of nitrogens with one attached hydrogen (secondary N) is 1. The molecule has 0 spiro atoms. The van der Waals surface area contributed by atoms with Crippen LogP contribution in [0.2, 0.25) is 0 Å². The highest BCUT2D eigenvalue weighted by Gasteiger charge is 2.23. The van der Waals surface area contributed by atoms with Crippen molar-refractivity contribution in [3.8, 4) is 0 Å². The number of hydrogen-bond donors (Lipinski definition) is 2. The van der Waals surface area contributed by atoms with E-state index in [1.54, 1.807) is 0 Å². The summed E-state index contributed by atoms with van der Waals surface area (Å²) in [5.41, 5.74) is 8.16. The average Bonchev–Trinajstić information content (AvgIpc) is 2.54. The Hall–Kier alpha value is -1.56. The molecule has 1 fully saturated rings. The number of hydrogen-bond acceptors (Lipinski definition) is 3. The molecular formula is C17H27N3O2S. The molecule has 1 aliphatic heterocycles. The third kappa shape index (κ3) is 5.53. The van der Waals surface area contributed by atoms with Crippen LogP contribution in [0, 0.1) is 5.92 Å². The summed E-state index contributed by atoms with van der Waals surface area (Å²) in [6.07, 6.45) is 2.49. The van der Waals surface area contributed by atoms with Crippen molar-refractivity contribution in [1.29, 1.82) is 0 Å². The highest BCUT2D eigenvalue weighted by Crippen LogP contribution is 2.21. The molecule has 23 heavy (non-hydrogen) atoms. The van der Waals surface area contributed by atoms with E-state index in [0.717, 1.165) is 12.1 Å². The number of nitrogens with zero attached hydrogens (tertiary/aromatic N) is 1. The van der Waals surface area contributed by atoms with Crippen molar-refractivity contribution < 1.29 is 8.42 Å². The lowest BCUT2D eigenvalue weighted by atomic mass is 9.99. The van der Waals surface area contributed by atoms with Gasteiger partial charge in [-0.1, -0.05) is 26.0 Å². The Balaban J connectivity index is 1.85. The summed E-state index contributed by atoms with van der Waals surface area (Å²) in [7, 11) is -2.81. The van der Waals surface area contributed by atoms with Gasteiger partial charge in [0.05, 0.1) is 11.5 Å². The molecule has 0 radical (unpaired) electrons. The van der Waals surface area contributed by atoms with Gasteiger partial charge < -0.3 is 11.1 Å². The second kappa shape index (κ2) is 7.81. The molecule has 6 heteroatoms. The number of aliphatic imine (C=N–C) groups is 1. The standard InChI is InChI=1S/C17H27N3O2S/c1-3-13(2)15-4-6-16(7-5-15)20-17(18)19-12-14-8-10-23(21,22)11-9-14/h4-7,13-14H,3,8-12H2,1-2H3,(H3,18,19,20). The zero-order valence-electron chi connectivity index (χ0n) is 14.0. The highest BCUT2D eigenvalue weighted by atomic mass is 32.2. The Morgan fingerprint density at radius 2 is 1.91 bits per heavy atom. The van der Waals surface area contributed by atoms with E-state index >= 15 is 0 Å². The topological polar surface area (TPSA) is 84.5 Å². The molecule has 3 N–H and O–H groups in total. The molecule has 2 rings (SSSR count). The van der Waals surface area contributed by atoms with E-state index in [0.29, 0.717) is 37.2 Å². The molecule has 0 saturated carbocycles. The monoisotopic (exact) mass is 337 g/mol. The molecule has 1 aromatic carbocycles. The third-order valence-electron chi connectivity index (χ3n) is 4.56. The Morgan fingerprint density at radius 3 is 2.48 bits per heavy atom. The number of nitrogens with two attached hydrogens (primary N) is 1. The fourth-order valence-electron chi connectivity index (χ4n) is 2.67. The molecule has 1 saturated heterocycles. The van der Waals surface area contributed by atoms with Gasteiger partial charge in [-0.2, -0.15) is 0 Å². The maximum atomic E-state index is 11.4. The number of anilines is 1. The van der Waals surface area contributed by atoms with E-state index in [9.17, 15) is 8.42 Å². The van der Waals surface area contributed by atoms with Gasteiger partial charge in [0, 0.05) is 12.2 Å². The summed E-state index contributed by atoms with van der Waals surface area (Å²) in [5.74, 6) is 1.80. The molecule has 1 unspecified atom stereocenters. The van der Waals surface area contributed by atoms with Crippen LogP contribution in [0.15, 0.2) is 29.3 Å². The van der Waals surface area contributed by atoms with Gasteiger partial charge in [-0.3, -0.25) is 4.99 Å². The minimum absolute atomic E-state index is 0.275. The van der Waals surface area contributed by atoms with Gasteiger partial charge in [0.2, 0.25) is 0 Å². The number of benzene rings is 1. The lowest BCUT2D eigenvalue weighted by Gasteiger charge is -2.20. The van der Waals surface area contributed by atoms with Crippen LogP contribution in [0.25, 0.3) is 0 Å². The SMILES string of the molecule is CCC(C)c1ccc(NC(N)=NCC2CCS(=O)(=O)CC2)cc1. The molecule has 0 aliphatic carbocycles. The Kier molecular flexibility index (Phi) is 6.04. The largest absolute Gasteiger partial charge is 0.370 e. The first-order valence-electron chi connectivity index (χ1n) is 8.27. The summed E-state index contributed by atoms with van der Waals surface area (Å²) in [4.78, 5) is 4.35. The van der Waals surface area contributed by atoms with Crippen LogP contribution >= 0.6 is 0 Å². The van der Waals surface area contributed by atoms with Gasteiger partial charge in [-0.05, 0) is 48.8 Å². The van der Waals surface area contributed by atoms with Crippen LogP contribution < -0.4 is 11.1 Å². The lowest BCUT2D eigenvalue weighted by molar-refractivity contribution is 0.475. The minimum Gasteiger partial charge on any atom is -0.370 e. The third-order valence-corrected chi connectivity index (χ3v) is 6.27. The summed E-state index contributed by atoms with van der Waals surface area (Å²) in [5, 5.41) is 3.09. The van der Waals surface area contributed by atoms with Crippen molar-refractivity contribution in [3.63, 3.8) is 0 Å². The maximum Gasteiger partial charge on any atom is 0.193 e. The van der Waals surface area contributed by atoms with Crippen LogP contribution in [-0.4, -0.2) is 32.4 Å². The normalized spacial score (nSPS) is 20.2. The molecule has 1 heterocycles. The number of rotatable bonds is 5. The fourth-order valence-corrected chi connectivity index (χ4v) is 4.26. The number of guanidine groups is 1. The molecule has 1 aromatic rings. The van der Waals surface area contributed by atoms with Crippen molar-refractivity contribution in [2.45, 2.75) is 39.0 Å². The molecule has 5 nitrogen and oxygen atoms in total. The fraction of sp³-hybridized carbons (Fsp3) is 0.588. The second-order valence-corrected chi connectivity index (χ2v) is 8.68. The zero-order chi connectivity index (χ0) is 16.9. The van der Waals surface area contributed by atoms with Crippen LogP contribution in [0.3, 0.4) is 0 Å². The van der Waals surface area contributed by atoms with Gasteiger partial charge in [0.1, 0.15) is 9.84 Å². The van der Waals surface area contributed by atoms with Crippen molar-refractivity contribution in [2.24, 2.45) is 16.6 Å². The van der Waals surface area contributed by atoms with Gasteiger partial charge in [-0.25, -0.2) is 8.42 Å². The van der Waals surface area contributed by atoms with Crippen LogP contribution in [0.5, 0.6) is 0 Å². The zero-order valence-corrected chi connectivity index (χ0v) is 14.8. The van der Waals surface area contributed by atoms with Crippen molar-refractivity contribution in [3.05, 3.63) is 29.8 Å². The molecule has 1 atom stereocenters. The van der Waals surface area contributed by atoms with E-state index in [1.165, 1.54) is 5.56 Å². The Morgan fingerprint density at radius 1 is 1.30 bits per heavy atom. The summed E-state index contributed by atoms with van der Waals surface area (Å²) >= 11 is 0. The first-order chi connectivity index (χ1) is 10.9. The Labute approximate surface area is 139 Å². The van der Waals surface area contributed by atoms with Crippen molar-refractivity contribution in [1.82, 2.24) is 0 Å². The second-order valence-electron chi connectivity index (χ2n) is 6.38. The molecule has 0 aromatic heterocycles. The van der Waals surface area contributed by atoms with Crippen LogP contribution in [0.4, 0.5) is 5.69 Å². The highest BCUT2D eigenvalue weighted by molar-refractivity contribution is 7.91. The first-order valence-corrected chi connectivity index (χ1v) is 10.1. The maximum absolute atomic E-state index is 11.4. The lowest BCUT2D eigenvalue weighted by Crippen LogP contribution is -2.27. The molecule has 0 bridgehead atoms.